The van der Waals surface area contributed by atoms with Crippen LogP contribution in [-0.4, -0.2) is 22.9 Å². The van der Waals surface area contributed by atoms with E-state index in [1.165, 1.54) is 0 Å². The molecule has 2 aromatic rings. The summed E-state index contributed by atoms with van der Waals surface area (Å²) in [6.45, 7) is 2.09. The summed E-state index contributed by atoms with van der Waals surface area (Å²) in [5.74, 6) is 0. The summed E-state index contributed by atoms with van der Waals surface area (Å²) < 4.78 is 2.05. The molecule has 4 heteroatoms. The minimum atomic E-state index is 0.489. The van der Waals surface area contributed by atoms with Gasteiger partial charge in [0.2, 0.25) is 0 Å². The maximum atomic E-state index is 5.99. The maximum absolute atomic E-state index is 5.99. The fraction of sp³-hybridized carbons (Fsp3) is 0.308. The molecule has 88 valence electrons. The molecule has 0 amide bonds. The molecule has 0 saturated carbocycles. The molecule has 3 nitrogen and oxygen atoms in total. The zero-order valence-corrected chi connectivity index (χ0v) is 10.2. The van der Waals surface area contributed by atoms with E-state index >= 15 is 0 Å². The van der Waals surface area contributed by atoms with Crippen molar-refractivity contribution in [2.24, 2.45) is 0 Å². The number of nitrogens with zero attached hydrogens (tertiary/aromatic N) is 2. The molecule has 1 unspecified atom stereocenters. The van der Waals surface area contributed by atoms with Crippen LogP contribution >= 0.6 is 11.6 Å². The van der Waals surface area contributed by atoms with E-state index in [1.54, 1.807) is 0 Å². The molecule has 1 N–H and O–H groups in total. The van der Waals surface area contributed by atoms with E-state index < -0.39 is 0 Å². The summed E-state index contributed by atoms with van der Waals surface area (Å²) in [6.07, 6.45) is 5.16. The minimum absolute atomic E-state index is 0.489. The van der Waals surface area contributed by atoms with E-state index in [2.05, 4.69) is 27.4 Å². The van der Waals surface area contributed by atoms with E-state index in [1.807, 2.05) is 24.4 Å². The second kappa shape index (κ2) is 4.51. The van der Waals surface area contributed by atoms with Gasteiger partial charge in [-0.25, -0.2) is 0 Å². The van der Waals surface area contributed by atoms with Gasteiger partial charge in [0, 0.05) is 23.3 Å². The monoisotopic (exact) mass is 247 g/mol. The Morgan fingerprint density at radius 1 is 1.35 bits per heavy atom. The smallest absolute Gasteiger partial charge is 0.0655 e. The van der Waals surface area contributed by atoms with Gasteiger partial charge >= 0.3 is 0 Å². The highest BCUT2D eigenvalue weighted by molar-refractivity contribution is 6.30. The van der Waals surface area contributed by atoms with Gasteiger partial charge in [0.15, 0.2) is 0 Å². The van der Waals surface area contributed by atoms with E-state index in [0.717, 1.165) is 35.7 Å². The van der Waals surface area contributed by atoms with Crippen LogP contribution in [0.2, 0.25) is 5.02 Å². The molecule has 0 aliphatic carbocycles. The molecule has 2 heterocycles. The lowest BCUT2D eigenvalue weighted by Gasteiger charge is -2.07. The Kier molecular flexibility index (Phi) is 2.87. The van der Waals surface area contributed by atoms with Gasteiger partial charge in [0.1, 0.15) is 0 Å². The first kappa shape index (κ1) is 10.8. The number of hydrogen-bond acceptors (Lipinski definition) is 2. The molecule has 0 radical (unpaired) electrons. The molecule has 1 aliphatic rings. The number of benzene rings is 1. The average Bonchev–Trinajstić information content (AvgIpc) is 3.00. The Morgan fingerprint density at radius 3 is 3.06 bits per heavy atom. The van der Waals surface area contributed by atoms with Gasteiger partial charge in [-0.15, -0.1) is 0 Å². The highest BCUT2D eigenvalue weighted by Crippen LogP contribution is 2.24. The lowest BCUT2D eigenvalue weighted by atomic mass is 10.1. The molecule has 1 aromatic carbocycles. The number of aromatic nitrogens is 2. The van der Waals surface area contributed by atoms with Crippen LogP contribution in [0.3, 0.4) is 0 Å². The molecule has 3 rings (SSSR count). The molecule has 1 aliphatic heterocycles. The summed E-state index contributed by atoms with van der Waals surface area (Å²) in [6, 6.07) is 8.36. The van der Waals surface area contributed by atoms with Crippen LogP contribution in [0.5, 0.6) is 0 Å². The SMILES string of the molecule is Clc1cccc(-c2cnn(C3CCNC3)c2)c1. The van der Waals surface area contributed by atoms with Gasteiger partial charge < -0.3 is 5.32 Å². The van der Waals surface area contributed by atoms with Crippen molar-refractivity contribution < 1.29 is 0 Å². The topological polar surface area (TPSA) is 29.9 Å². The maximum Gasteiger partial charge on any atom is 0.0655 e. The predicted molar refractivity (Wildman–Crippen MR) is 69.2 cm³/mol. The molecular formula is C13H14ClN3. The molecule has 0 bridgehead atoms. The summed E-state index contributed by atoms with van der Waals surface area (Å²) in [7, 11) is 0. The first-order valence-corrected chi connectivity index (χ1v) is 6.21. The van der Waals surface area contributed by atoms with Crippen molar-refractivity contribution in [3.8, 4) is 11.1 Å². The Bertz CT molecular complexity index is 515. The van der Waals surface area contributed by atoms with Crippen LogP contribution in [0.1, 0.15) is 12.5 Å². The van der Waals surface area contributed by atoms with Crippen molar-refractivity contribution >= 4 is 11.6 Å². The fourth-order valence-corrected chi connectivity index (χ4v) is 2.41. The Hall–Kier alpha value is -1.32. The quantitative estimate of drug-likeness (QED) is 0.885. The van der Waals surface area contributed by atoms with E-state index in [9.17, 15) is 0 Å². The Balaban J connectivity index is 1.89. The summed E-state index contributed by atoms with van der Waals surface area (Å²) in [5, 5.41) is 8.55. The Morgan fingerprint density at radius 2 is 2.29 bits per heavy atom. The third-order valence-electron chi connectivity index (χ3n) is 3.17. The van der Waals surface area contributed by atoms with Crippen molar-refractivity contribution in [1.82, 2.24) is 15.1 Å². The normalized spacial score (nSPS) is 19.7. The third kappa shape index (κ3) is 2.21. The highest BCUT2D eigenvalue weighted by Gasteiger charge is 2.17. The van der Waals surface area contributed by atoms with Crippen LogP contribution in [0, 0.1) is 0 Å². The van der Waals surface area contributed by atoms with Crippen LogP contribution in [-0.2, 0) is 0 Å². The molecule has 1 atom stereocenters. The first-order valence-electron chi connectivity index (χ1n) is 5.84. The van der Waals surface area contributed by atoms with Crippen molar-refractivity contribution in [2.75, 3.05) is 13.1 Å². The van der Waals surface area contributed by atoms with E-state index in [-0.39, 0.29) is 0 Å². The molecule has 17 heavy (non-hydrogen) atoms. The number of rotatable bonds is 2. The molecule has 1 aromatic heterocycles. The highest BCUT2D eigenvalue weighted by atomic mass is 35.5. The number of hydrogen-bond donors (Lipinski definition) is 1. The summed E-state index contributed by atoms with van der Waals surface area (Å²) >= 11 is 5.99. The molecule has 1 fully saturated rings. The van der Waals surface area contributed by atoms with Gasteiger partial charge in [0.05, 0.1) is 12.2 Å². The van der Waals surface area contributed by atoms with Gasteiger partial charge in [-0.2, -0.15) is 5.10 Å². The van der Waals surface area contributed by atoms with Crippen molar-refractivity contribution in [2.45, 2.75) is 12.5 Å². The average molecular weight is 248 g/mol. The number of halogens is 1. The van der Waals surface area contributed by atoms with Gasteiger partial charge in [-0.05, 0) is 30.7 Å². The minimum Gasteiger partial charge on any atom is -0.315 e. The third-order valence-corrected chi connectivity index (χ3v) is 3.40. The van der Waals surface area contributed by atoms with Crippen LogP contribution in [0.25, 0.3) is 11.1 Å². The van der Waals surface area contributed by atoms with Crippen molar-refractivity contribution in [3.05, 3.63) is 41.7 Å². The fourth-order valence-electron chi connectivity index (χ4n) is 2.22. The van der Waals surface area contributed by atoms with Crippen LogP contribution in [0.4, 0.5) is 0 Å². The van der Waals surface area contributed by atoms with E-state index in [4.69, 9.17) is 11.6 Å². The van der Waals surface area contributed by atoms with E-state index in [0.29, 0.717) is 6.04 Å². The standard InChI is InChI=1S/C13H14ClN3/c14-12-3-1-2-10(6-12)11-7-16-17(9-11)13-4-5-15-8-13/h1-3,6-7,9,13,15H,4-5,8H2. The second-order valence-electron chi connectivity index (χ2n) is 4.37. The predicted octanol–water partition coefficient (Wildman–Crippen LogP) is 2.74. The van der Waals surface area contributed by atoms with Crippen molar-refractivity contribution in [1.29, 1.82) is 0 Å². The molecule has 1 saturated heterocycles. The first-order chi connectivity index (χ1) is 8.33. The lowest BCUT2D eigenvalue weighted by Crippen LogP contribution is -2.13. The summed E-state index contributed by atoms with van der Waals surface area (Å²) in [5.41, 5.74) is 2.24. The molecular weight excluding hydrogens is 234 g/mol. The largest absolute Gasteiger partial charge is 0.315 e. The Labute approximate surface area is 105 Å². The van der Waals surface area contributed by atoms with Gasteiger partial charge in [-0.3, -0.25) is 4.68 Å². The van der Waals surface area contributed by atoms with Crippen molar-refractivity contribution in [3.63, 3.8) is 0 Å². The zero-order chi connectivity index (χ0) is 11.7. The second-order valence-corrected chi connectivity index (χ2v) is 4.80. The lowest BCUT2D eigenvalue weighted by molar-refractivity contribution is 0.491. The summed E-state index contributed by atoms with van der Waals surface area (Å²) in [4.78, 5) is 0. The number of nitrogens with one attached hydrogen (secondary N) is 1. The zero-order valence-electron chi connectivity index (χ0n) is 9.44. The van der Waals surface area contributed by atoms with Crippen LogP contribution in [0.15, 0.2) is 36.7 Å². The van der Waals surface area contributed by atoms with Gasteiger partial charge in [-0.1, -0.05) is 23.7 Å². The van der Waals surface area contributed by atoms with Gasteiger partial charge in [0.25, 0.3) is 0 Å². The van der Waals surface area contributed by atoms with Crippen LogP contribution < -0.4 is 5.32 Å². The molecule has 0 spiro atoms.